The van der Waals surface area contributed by atoms with Crippen LogP contribution in [0.5, 0.6) is 17.2 Å². The van der Waals surface area contributed by atoms with Gasteiger partial charge in [0.05, 0.1) is 27.4 Å². The Bertz CT molecular complexity index is 981. The molecule has 1 aliphatic heterocycles. The maximum atomic E-state index is 13.4. The highest BCUT2D eigenvalue weighted by atomic mass is 16.5. The van der Waals surface area contributed by atoms with Crippen molar-refractivity contribution in [1.29, 1.82) is 0 Å². The fourth-order valence-corrected chi connectivity index (χ4v) is 4.20. The summed E-state index contributed by atoms with van der Waals surface area (Å²) in [4.78, 5) is 27.6. The van der Waals surface area contributed by atoms with E-state index < -0.39 is 0 Å². The number of nitrogens with zero attached hydrogens (tertiary/aromatic N) is 2. The summed E-state index contributed by atoms with van der Waals surface area (Å²) in [6.07, 6.45) is 5.50. The van der Waals surface area contributed by atoms with Gasteiger partial charge in [-0.3, -0.25) is 9.69 Å². The average molecular weight is 484 g/mol. The highest BCUT2D eigenvalue weighted by Crippen LogP contribution is 2.34. The van der Waals surface area contributed by atoms with Crippen molar-refractivity contribution in [3.8, 4) is 17.2 Å². The highest BCUT2D eigenvalue weighted by Gasteiger charge is 2.28. The van der Waals surface area contributed by atoms with Crippen LogP contribution in [0.3, 0.4) is 0 Å². The van der Waals surface area contributed by atoms with Crippen LogP contribution in [0.25, 0.3) is 0 Å². The number of carbonyl (C=O) groups is 2. The number of benzene rings is 2. The first-order valence-electron chi connectivity index (χ1n) is 12.3. The van der Waals surface area contributed by atoms with E-state index in [2.05, 4.69) is 12.2 Å². The first-order valence-corrected chi connectivity index (χ1v) is 12.3. The lowest BCUT2D eigenvalue weighted by Gasteiger charge is -2.36. The fourth-order valence-electron chi connectivity index (χ4n) is 4.20. The van der Waals surface area contributed by atoms with Crippen LogP contribution in [0.4, 0.5) is 10.5 Å². The van der Waals surface area contributed by atoms with Gasteiger partial charge in [0, 0.05) is 37.0 Å². The lowest BCUT2D eigenvalue weighted by Crippen LogP contribution is -2.49. The van der Waals surface area contributed by atoms with Crippen LogP contribution in [0.2, 0.25) is 0 Å². The first-order chi connectivity index (χ1) is 17.1. The van der Waals surface area contributed by atoms with Crippen molar-refractivity contribution in [2.24, 2.45) is 0 Å². The Kier molecular flexibility index (Phi) is 10.1. The van der Waals surface area contributed by atoms with Crippen LogP contribution >= 0.6 is 0 Å². The molecule has 0 spiro atoms. The normalized spacial score (nSPS) is 13.5. The number of unbranched alkanes of at least 4 members (excludes halogenated alkanes) is 2. The second-order valence-corrected chi connectivity index (χ2v) is 8.57. The molecule has 8 nitrogen and oxygen atoms in total. The van der Waals surface area contributed by atoms with Crippen molar-refractivity contribution >= 4 is 18.1 Å². The predicted molar refractivity (Wildman–Crippen MR) is 137 cm³/mol. The van der Waals surface area contributed by atoms with Crippen LogP contribution in [-0.4, -0.2) is 57.8 Å². The zero-order valence-corrected chi connectivity index (χ0v) is 21.0. The van der Waals surface area contributed by atoms with Crippen molar-refractivity contribution in [2.75, 3.05) is 45.4 Å². The molecular weight excluding hydrogens is 446 g/mol. The molecule has 8 heteroatoms. The summed E-state index contributed by atoms with van der Waals surface area (Å²) in [6.45, 7) is 5.14. The molecule has 3 amide bonds. The number of amides is 3. The van der Waals surface area contributed by atoms with Crippen molar-refractivity contribution in [3.05, 3.63) is 47.5 Å². The molecule has 0 radical (unpaired) electrons. The maximum Gasteiger partial charge on any atom is 0.324 e. The number of hydrogen-bond acceptors (Lipinski definition) is 5. The van der Waals surface area contributed by atoms with Crippen molar-refractivity contribution < 1.29 is 23.8 Å². The molecule has 0 aromatic heterocycles. The SMILES string of the molecule is CCCCCOc1cc(N2CCCN(Cc3ccc(CCNC=O)cc3OC)C2=O)ccc1OC. The Balaban J connectivity index is 1.72. The summed E-state index contributed by atoms with van der Waals surface area (Å²) >= 11 is 0. The van der Waals surface area contributed by atoms with Crippen LogP contribution in [0, 0.1) is 0 Å². The topological polar surface area (TPSA) is 80.3 Å². The molecule has 0 bridgehead atoms. The maximum absolute atomic E-state index is 13.4. The van der Waals surface area contributed by atoms with Gasteiger partial charge in [-0.05, 0) is 43.0 Å². The standard InChI is InChI=1S/C27H37N3O5/c1-4-5-6-16-35-26-18-23(10-11-24(26)33-2)30-15-7-14-29(27(30)32)19-22-9-8-21(12-13-28-20-31)17-25(22)34-3/h8-11,17-18,20H,4-7,12-16,19H2,1-3H3,(H,28,31). The molecular formula is C27H37N3O5. The van der Waals surface area contributed by atoms with Gasteiger partial charge in [-0.25, -0.2) is 4.79 Å². The summed E-state index contributed by atoms with van der Waals surface area (Å²) < 4.78 is 17.0. The molecule has 0 unspecified atom stereocenters. The molecule has 35 heavy (non-hydrogen) atoms. The third-order valence-corrected chi connectivity index (χ3v) is 6.13. The Morgan fingerprint density at radius 2 is 1.83 bits per heavy atom. The minimum absolute atomic E-state index is 0.0420. The van der Waals surface area contributed by atoms with Crippen molar-refractivity contribution in [3.63, 3.8) is 0 Å². The van der Waals surface area contributed by atoms with E-state index in [0.717, 1.165) is 48.2 Å². The van der Waals surface area contributed by atoms with E-state index >= 15 is 0 Å². The van der Waals surface area contributed by atoms with E-state index in [9.17, 15) is 9.59 Å². The lowest BCUT2D eigenvalue weighted by atomic mass is 10.1. The fraction of sp³-hybridized carbons (Fsp3) is 0.481. The third kappa shape index (κ3) is 7.04. The minimum atomic E-state index is -0.0420. The average Bonchev–Trinajstić information content (AvgIpc) is 2.88. The molecule has 0 saturated carbocycles. The first kappa shape index (κ1) is 26.2. The van der Waals surface area contributed by atoms with Gasteiger partial charge in [0.2, 0.25) is 6.41 Å². The Morgan fingerprint density at radius 1 is 1.00 bits per heavy atom. The molecule has 0 atom stereocenters. The molecule has 2 aromatic carbocycles. The van der Waals surface area contributed by atoms with Gasteiger partial charge in [-0.1, -0.05) is 31.9 Å². The van der Waals surface area contributed by atoms with Gasteiger partial charge in [0.25, 0.3) is 0 Å². The zero-order valence-electron chi connectivity index (χ0n) is 21.0. The molecule has 1 heterocycles. The number of urea groups is 1. The molecule has 1 N–H and O–H groups in total. The molecule has 0 aliphatic carbocycles. The van der Waals surface area contributed by atoms with Crippen molar-refractivity contribution in [1.82, 2.24) is 10.2 Å². The van der Waals surface area contributed by atoms with Crippen molar-refractivity contribution in [2.45, 2.75) is 45.6 Å². The van der Waals surface area contributed by atoms with Crippen LogP contribution in [-0.2, 0) is 17.8 Å². The second-order valence-electron chi connectivity index (χ2n) is 8.57. The summed E-state index contributed by atoms with van der Waals surface area (Å²) in [7, 11) is 3.26. The quantitative estimate of drug-likeness (QED) is 0.318. The zero-order chi connectivity index (χ0) is 25.0. The number of anilines is 1. The summed E-state index contributed by atoms with van der Waals surface area (Å²) in [5, 5.41) is 2.67. The molecule has 2 aromatic rings. The smallest absolute Gasteiger partial charge is 0.324 e. The Hall–Kier alpha value is -3.42. The van der Waals surface area contributed by atoms with Gasteiger partial charge >= 0.3 is 6.03 Å². The van der Waals surface area contributed by atoms with Crippen LogP contribution in [0.1, 0.15) is 43.7 Å². The second kappa shape index (κ2) is 13.5. The molecule has 190 valence electrons. The van der Waals surface area contributed by atoms with Gasteiger partial charge in [-0.2, -0.15) is 0 Å². The minimum Gasteiger partial charge on any atom is -0.496 e. The number of hydrogen-bond donors (Lipinski definition) is 1. The molecule has 1 saturated heterocycles. The number of carbonyl (C=O) groups excluding carboxylic acids is 2. The van der Waals surface area contributed by atoms with E-state index in [4.69, 9.17) is 14.2 Å². The number of nitrogens with one attached hydrogen (secondary N) is 1. The van der Waals surface area contributed by atoms with E-state index in [1.807, 2.05) is 41.3 Å². The Labute approximate surface area is 208 Å². The summed E-state index contributed by atoms with van der Waals surface area (Å²) in [5.74, 6) is 2.07. The van der Waals surface area contributed by atoms with Gasteiger partial charge in [-0.15, -0.1) is 0 Å². The number of ether oxygens (including phenoxy) is 3. The highest BCUT2D eigenvalue weighted by molar-refractivity contribution is 5.93. The van der Waals surface area contributed by atoms with Gasteiger partial charge in [0.1, 0.15) is 5.75 Å². The van der Waals surface area contributed by atoms with Crippen LogP contribution < -0.4 is 24.4 Å². The summed E-state index contributed by atoms with van der Waals surface area (Å²) in [6, 6.07) is 11.6. The summed E-state index contributed by atoms with van der Waals surface area (Å²) in [5.41, 5.74) is 2.82. The van der Waals surface area contributed by atoms with Gasteiger partial charge in [0.15, 0.2) is 11.5 Å². The third-order valence-electron chi connectivity index (χ3n) is 6.13. The van der Waals surface area contributed by atoms with E-state index in [1.54, 1.807) is 19.1 Å². The van der Waals surface area contributed by atoms with E-state index in [-0.39, 0.29) is 6.03 Å². The molecule has 1 fully saturated rings. The number of rotatable bonds is 14. The van der Waals surface area contributed by atoms with E-state index in [0.29, 0.717) is 57.1 Å². The van der Waals surface area contributed by atoms with Gasteiger partial charge < -0.3 is 24.4 Å². The van der Waals surface area contributed by atoms with Crippen LogP contribution in [0.15, 0.2) is 36.4 Å². The lowest BCUT2D eigenvalue weighted by molar-refractivity contribution is -0.109. The van der Waals surface area contributed by atoms with E-state index in [1.165, 1.54) is 0 Å². The Morgan fingerprint density at radius 3 is 2.57 bits per heavy atom. The monoisotopic (exact) mass is 483 g/mol. The molecule has 1 aliphatic rings. The number of methoxy groups -OCH3 is 2. The molecule has 3 rings (SSSR count). The predicted octanol–water partition coefficient (Wildman–Crippen LogP) is 4.39. The largest absolute Gasteiger partial charge is 0.496 e.